The Morgan fingerprint density at radius 3 is 2.66 bits per heavy atom. The molecule has 0 fully saturated rings. The number of rotatable bonds is 10. The minimum absolute atomic E-state index is 0.0560. The fourth-order valence-electron chi connectivity index (χ4n) is 4.78. The molecule has 0 saturated heterocycles. The van der Waals surface area contributed by atoms with Gasteiger partial charge in [0, 0.05) is 61.8 Å². The Labute approximate surface area is 204 Å². The maximum Gasteiger partial charge on any atom is 0.190 e. The van der Waals surface area contributed by atoms with Gasteiger partial charge in [0.15, 0.2) is 23.2 Å². The molecule has 0 radical (unpaired) electrons. The van der Waals surface area contributed by atoms with Gasteiger partial charge in [-0.05, 0) is 30.2 Å². The first-order valence-corrected chi connectivity index (χ1v) is 11.7. The third-order valence-corrected chi connectivity index (χ3v) is 6.57. The van der Waals surface area contributed by atoms with Crippen LogP contribution in [-0.2, 0) is 17.7 Å². The van der Waals surface area contributed by atoms with Crippen LogP contribution < -0.4 is 14.9 Å². The van der Waals surface area contributed by atoms with E-state index in [1.165, 1.54) is 6.07 Å². The van der Waals surface area contributed by atoms with Crippen LogP contribution in [-0.4, -0.2) is 52.0 Å². The maximum atomic E-state index is 12.7. The normalized spacial score (nSPS) is 15.1. The Balaban J connectivity index is 1.72. The number of aryl methyl sites for hydroxylation is 1. The van der Waals surface area contributed by atoms with E-state index in [-0.39, 0.29) is 17.0 Å². The zero-order valence-corrected chi connectivity index (χ0v) is 20.6. The Morgan fingerprint density at radius 1 is 1.20 bits per heavy atom. The van der Waals surface area contributed by atoms with Gasteiger partial charge in [-0.25, -0.2) is 0 Å². The molecule has 9 nitrogen and oxygen atoms in total. The van der Waals surface area contributed by atoms with Gasteiger partial charge in [-0.3, -0.25) is 9.48 Å². The number of ether oxygens (including phenoxy) is 3. The SMILES string of the molecule is COCC(C)(C)C1Cc2cc(OCCCn3cccn3)c(OC)cc2-c2cc(=O)c(C(O)O)cn21. The first-order valence-electron chi connectivity index (χ1n) is 11.7. The van der Waals surface area contributed by atoms with Crippen LogP contribution in [0.1, 0.15) is 43.7 Å². The molecule has 9 heteroatoms. The van der Waals surface area contributed by atoms with Crippen LogP contribution in [0, 0.1) is 5.41 Å². The molecule has 2 aromatic heterocycles. The largest absolute Gasteiger partial charge is 0.493 e. The van der Waals surface area contributed by atoms with Crippen LogP contribution in [0.15, 0.2) is 47.7 Å². The van der Waals surface area contributed by atoms with Crippen LogP contribution in [0.5, 0.6) is 11.5 Å². The van der Waals surface area contributed by atoms with Crippen molar-refractivity contribution >= 4 is 0 Å². The molecule has 0 spiro atoms. The number of nitrogens with zero attached hydrogens (tertiary/aromatic N) is 3. The van der Waals surface area contributed by atoms with E-state index in [1.807, 2.05) is 33.6 Å². The molecule has 3 heterocycles. The van der Waals surface area contributed by atoms with Gasteiger partial charge in [-0.2, -0.15) is 5.10 Å². The fraction of sp³-hybridized carbons (Fsp3) is 0.462. The molecule has 1 atom stereocenters. The molecule has 188 valence electrons. The van der Waals surface area contributed by atoms with Crippen molar-refractivity contribution in [2.24, 2.45) is 5.41 Å². The molecule has 0 aliphatic carbocycles. The molecule has 2 N–H and O–H groups in total. The highest BCUT2D eigenvalue weighted by atomic mass is 16.5. The summed E-state index contributed by atoms with van der Waals surface area (Å²) in [4.78, 5) is 12.7. The van der Waals surface area contributed by atoms with Gasteiger partial charge < -0.3 is 29.0 Å². The van der Waals surface area contributed by atoms with Gasteiger partial charge in [0.25, 0.3) is 0 Å². The summed E-state index contributed by atoms with van der Waals surface area (Å²) >= 11 is 0. The number of hydrogen-bond donors (Lipinski definition) is 2. The molecule has 0 bridgehead atoms. The van der Waals surface area contributed by atoms with Crippen molar-refractivity contribution in [1.82, 2.24) is 14.3 Å². The van der Waals surface area contributed by atoms with Crippen molar-refractivity contribution in [2.75, 3.05) is 27.4 Å². The zero-order chi connectivity index (χ0) is 25.2. The summed E-state index contributed by atoms with van der Waals surface area (Å²) in [5, 5.41) is 23.7. The highest BCUT2D eigenvalue weighted by Crippen LogP contribution is 2.46. The average molecular weight is 484 g/mol. The van der Waals surface area contributed by atoms with E-state index in [1.54, 1.807) is 26.6 Å². The molecule has 0 amide bonds. The summed E-state index contributed by atoms with van der Waals surface area (Å²) in [7, 11) is 3.25. The number of aromatic nitrogens is 3. The smallest absolute Gasteiger partial charge is 0.190 e. The second-order valence-corrected chi connectivity index (χ2v) is 9.53. The number of hydrogen-bond acceptors (Lipinski definition) is 7. The minimum atomic E-state index is -1.85. The van der Waals surface area contributed by atoms with E-state index >= 15 is 0 Å². The fourth-order valence-corrected chi connectivity index (χ4v) is 4.78. The monoisotopic (exact) mass is 483 g/mol. The number of aliphatic hydroxyl groups is 2. The van der Waals surface area contributed by atoms with Gasteiger partial charge in [0.2, 0.25) is 0 Å². The van der Waals surface area contributed by atoms with Crippen LogP contribution in [0.4, 0.5) is 0 Å². The Hall–Kier alpha value is -3.14. The van der Waals surface area contributed by atoms with E-state index in [2.05, 4.69) is 18.9 Å². The van der Waals surface area contributed by atoms with E-state index in [0.29, 0.717) is 36.8 Å². The number of aliphatic hydroxyl groups excluding tert-OH is 1. The van der Waals surface area contributed by atoms with Gasteiger partial charge >= 0.3 is 0 Å². The van der Waals surface area contributed by atoms with E-state index < -0.39 is 11.7 Å². The third kappa shape index (κ3) is 5.12. The van der Waals surface area contributed by atoms with Crippen LogP contribution >= 0.6 is 0 Å². The average Bonchev–Trinajstić information content (AvgIpc) is 3.33. The molecular weight excluding hydrogens is 450 g/mol. The van der Waals surface area contributed by atoms with Crippen molar-refractivity contribution in [3.63, 3.8) is 0 Å². The Morgan fingerprint density at radius 2 is 2.00 bits per heavy atom. The standard InChI is InChI=1S/C26H33N3O6/c1-26(2,16-33-3)24-12-17-11-23(35-10-6-9-28-8-5-7-27-28)22(34-4)13-18(17)20-14-21(30)19(25(31)32)15-29(20)24/h5,7-8,11,13-15,24-25,31-32H,6,9-10,12,16H2,1-4H3. The van der Waals surface area contributed by atoms with Crippen LogP contribution in [0.25, 0.3) is 11.3 Å². The molecule has 1 aliphatic rings. The van der Waals surface area contributed by atoms with E-state index in [9.17, 15) is 15.0 Å². The molecule has 1 aliphatic heterocycles. The molecule has 0 saturated carbocycles. The van der Waals surface area contributed by atoms with E-state index in [4.69, 9.17) is 14.2 Å². The molecule has 35 heavy (non-hydrogen) atoms. The van der Waals surface area contributed by atoms with Crippen molar-refractivity contribution in [3.8, 4) is 22.8 Å². The lowest BCUT2D eigenvalue weighted by Gasteiger charge is -2.41. The van der Waals surface area contributed by atoms with Crippen molar-refractivity contribution in [3.05, 3.63) is 64.2 Å². The summed E-state index contributed by atoms with van der Waals surface area (Å²) in [6.45, 7) is 5.94. The highest BCUT2D eigenvalue weighted by Gasteiger charge is 2.37. The summed E-state index contributed by atoms with van der Waals surface area (Å²) < 4.78 is 21.0. The number of fused-ring (bicyclic) bond motifs is 3. The lowest BCUT2D eigenvalue weighted by atomic mass is 9.77. The number of pyridine rings is 1. The van der Waals surface area contributed by atoms with Gasteiger partial charge in [-0.1, -0.05) is 13.8 Å². The number of benzene rings is 1. The topological polar surface area (TPSA) is 108 Å². The third-order valence-electron chi connectivity index (χ3n) is 6.57. The van der Waals surface area contributed by atoms with Gasteiger partial charge in [0.1, 0.15) is 0 Å². The van der Waals surface area contributed by atoms with Gasteiger partial charge in [-0.15, -0.1) is 0 Å². The predicted octanol–water partition coefficient (Wildman–Crippen LogP) is 2.94. The Kier molecular flexibility index (Phi) is 7.30. The van der Waals surface area contributed by atoms with Gasteiger partial charge in [0.05, 0.1) is 31.6 Å². The molecule has 1 unspecified atom stereocenters. The number of methoxy groups -OCH3 is 2. The van der Waals surface area contributed by atoms with Crippen LogP contribution in [0.2, 0.25) is 0 Å². The molecule has 4 rings (SSSR count). The molecule has 3 aromatic rings. The zero-order valence-electron chi connectivity index (χ0n) is 20.6. The summed E-state index contributed by atoms with van der Waals surface area (Å²) in [6.07, 6.45) is 4.82. The summed E-state index contributed by atoms with van der Waals surface area (Å²) in [6, 6.07) is 7.14. The first-order chi connectivity index (χ1) is 16.7. The van der Waals surface area contributed by atoms with Crippen molar-refractivity contribution < 1.29 is 24.4 Å². The lowest BCUT2D eigenvalue weighted by Crippen LogP contribution is -2.37. The second kappa shape index (κ2) is 10.2. The van der Waals surface area contributed by atoms with E-state index in [0.717, 1.165) is 24.1 Å². The molecular formula is C26H33N3O6. The van der Waals surface area contributed by atoms with Crippen LogP contribution in [0.3, 0.4) is 0 Å². The van der Waals surface area contributed by atoms with Crippen molar-refractivity contribution in [1.29, 1.82) is 0 Å². The summed E-state index contributed by atoms with van der Waals surface area (Å²) in [5.74, 6) is 1.22. The maximum absolute atomic E-state index is 12.7. The lowest BCUT2D eigenvalue weighted by molar-refractivity contribution is -0.0440. The van der Waals surface area contributed by atoms with Crippen molar-refractivity contribution in [2.45, 2.75) is 45.6 Å². The quantitative estimate of drug-likeness (QED) is 0.337. The minimum Gasteiger partial charge on any atom is -0.493 e. The predicted molar refractivity (Wildman–Crippen MR) is 131 cm³/mol. The summed E-state index contributed by atoms with van der Waals surface area (Å²) in [5.41, 5.74) is 1.78. The Bertz CT molecular complexity index is 1220. The first kappa shape index (κ1) is 25.0. The highest BCUT2D eigenvalue weighted by molar-refractivity contribution is 5.71. The molecule has 1 aromatic carbocycles. The second-order valence-electron chi connectivity index (χ2n) is 9.53.